The predicted molar refractivity (Wildman–Crippen MR) is 77.9 cm³/mol. The third-order valence-corrected chi connectivity index (χ3v) is 5.52. The number of hydrogen-bond donors (Lipinski definition) is 0. The summed E-state index contributed by atoms with van der Waals surface area (Å²) in [5.41, 5.74) is 0.821. The minimum Gasteiger partial charge on any atom is -0.238 e. The Hall–Kier alpha value is -0.760. The van der Waals surface area contributed by atoms with E-state index in [1.807, 2.05) is 0 Å². The lowest BCUT2D eigenvalue weighted by molar-refractivity contribution is 0.296. The SMILES string of the molecule is Cc1nc(Cl)cc([C@@H]2CCCN(S(=O)(=O)N(C)C)C2)n1. The minimum absolute atomic E-state index is 0.0673. The van der Waals surface area contributed by atoms with Crippen molar-refractivity contribution in [3.05, 3.63) is 22.7 Å². The first-order valence-corrected chi connectivity index (χ1v) is 8.27. The number of piperidine rings is 1. The number of halogens is 1. The van der Waals surface area contributed by atoms with E-state index < -0.39 is 10.2 Å². The molecule has 1 aromatic heterocycles. The molecule has 8 heteroatoms. The molecule has 1 aliphatic heterocycles. The van der Waals surface area contributed by atoms with E-state index in [1.165, 1.54) is 8.61 Å². The normalized spacial score (nSPS) is 21.4. The van der Waals surface area contributed by atoms with E-state index in [-0.39, 0.29) is 5.92 Å². The van der Waals surface area contributed by atoms with Crippen molar-refractivity contribution in [2.45, 2.75) is 25.7 Å². The molecule has 1 saturated heterocycles. The van der Waals surface area contributed by atoms with E-state index in [1.54, 1.807) is 27.1 Å². The van der Waals surface area contributed by atoms with E-state index in [0.717, 1.165) is 18.5 Å². The van der Waals surface area contributed by atoms with Gasteiger partial charge in [-0.3, -0.25) is 0 Å². The second kappa shape index (κ2) is 5.93. The van der Waals surface area contributed by atoms with Gasteiger partial charge < -0.3 is 0 Å². The first kappa shape index (κ1) is 15.6. The summed E-state index contributed by atoms with van der Waals surface area (Å²) in [5.74, 6) is 0.678. The molecule has 112 valence electrons. The van der Waals surface area contributed by atoms with E-state index in [0.29, 0.717) is 24.1 Å². The Bertz CT molecular complexity index is 571. The predicted octanol–water partition coefficient (Wildman–Crippen LogP) is 1.42. The van der Waals surface area contributed by atoms with Crippen molar-refractivity contribution in [1.29, 1.82) is 0 Å². The van der Waals surface area contributed by atoms with Gasteiger partial charge in [0.2, 0.25) is 0 Å². The Morgan fingerprint density at radius 3 is 2.70 bits per heavy atom. The highest BCUT2D eigenvalue weighted by Crippen LogP contribution is 2.28. The molecule has 2 rings (SSSR count). The number of aromatic nitrogens is 2. The van der Waals surface area contributed by atoms with Crippen molar-refractivity contribution >= 4 is 21.8 Å². The van der Waals surface area contributed by atoms with Gasteiger partial charge in [0.1, 0.15) is 11.0 Å². The monoisotopic (exact) mass is 318 g/mol. The molecule has 0 unspecified atom stereocenters. The topological polar surface area (TPSA) is 66.4 Å². The van der Waals surface area contributed by atoms with Crippen LogP contribution in [0.1, 0.15) is 30.3 Å². The Morgan fingerprint density at radius 2 is 2.10 bits per heavy atom. The van der Waals surface area contributed by atoms with Gasteiger partial charge in [-0.2, -0.15) is 17.0 Å². The average Bonchev–Trinajstić information content (AvgIpc) is 2.37. The molecule has 0 spiro atoms. The zero-order chi connectivity index (χ0) is 14.9. The first-order valence-electron chi connectivity index (χ1n) is 6.49. The molecular formula is C12H19ClN4O2S. The average molecular weight is 319 g/mol. The molecule has 0 N–H and O–H groups in total. The van der Waals surface area contributed by atoms with Crippen LogP contribution in [0, 0.1) is 6.92 Å². The quantitative estimate of drug-likeness (QED) is 0.791. The van der Waals surface area contributed by atoms with Crippen molar-refractivity contribution in [2.75, 3.05) is 27.2 Å². The van der Waals surface area contributed by atoms with Crippen LogP contribution in [0.4, 0.5) is 0 Å². The third-order valence-electron chi connectivity index (χ3n) is 3.42. The second-order valence-electron chi connectivity index (χ2n) is 5.15. The molecule has 1 aromatic rings. The second-order valence-corrected chi connectivity index (χ2v) is 7.68. The van der Waals surface area contributed by atoms with Gasteiger partial charge in [-0.1, -0.05) is 11.6 Å². The molecule has 20 heavy (non-hydrogen) atoms. The minimum atomic E-state index is -3.37. The fourth-order valence-corrected chi connectivity index (χ4v) is 3.81. The summed E-state index contributed by atoms with van der Waals surface area (Å²) in [6, 6.07) is 1.73. The summed E-state index contributed by atoms with van der Waals surface area (Å²) in [6.45, 7) is 2.77. The summed E-state index contributed by atoms with van der Waals surface area (Å²) in [5, 5.41) is 0.403. The molecule has 1 atom stereocenters. The Morgan fingerprint density at radius 1 is 1.40 bits per heavy atom. The van der Waals surface area contributed by atoms with Crippen LogP contribution in [0.15, 0.2) is 6.07 Å². The number of rotatable bonds is 3. The Balaban J connectivity index is 2.23. The zero-order valence-corrected chi connectivity index (χ0v) is 13.4. The van der Waals surface area contributed by atoms with Gasteiger partial charge in [0, 0.05) is 38.8 Å². The Labute approximate surface area is 125 Å². The van der Waals surface area contributed by atoms with E-state index in [4.69, 9.17) is 11.6 Å². The third kappa shape index (κ3) is 3.28. The van der Waals surface area contributed by atoms with Crippen molar-refractivity contribution in [1.82, 2.24) is 18.6 Å². The highest BCUT2D eigenvalue weighted by atomic mass is 35.5. The first-order chi connectivity index (χ1) is 9.30. The largest absolute Gasteiger partial charge is 0.281 e. The molecule has 1 fully saturated rings. The number of hydrogen-bond acceptors (Lipinski definition) is 4. The van der Waals surface area contributed by atoms with Crippen LogP contribution in [0.2, 0.25) is 5.15 Å². The highest BCUT2D eigenvalue weighted by molar-refractivity contribution is 7.86. The van der Waals surface area contributed by atoms with E-state index >= 15 is 0 Å². The van der Waals surface area contributed by atoms with Gasteiger partial charge >= 0.3 is 0 Å². The summed E-state index contributed by atoms with van der Waals surface area (Å²) in [6.07, 6.45) is 1.73. The van der Waals surface area contributed by atoms with Crippen LogP contribution >= 0.6 is 11.6 Å². The van der Waals surface area contributed by atoms with Crippen LogP contribution in [0.5, 0.6) is 0 Å². The van der Waals surface area contributed by atoms with Crippen molar-refractivity contribution in [3.63, 3.8) is 0 Å². The lowest BCUT2D eigenvalue weighted by Crippen LogP contribution is -2.45. The molecule has 0 radical (unpaired) electrons. The molecule has 0 aromatic carbocycles. The maximum absolute atomic E-state index is 12.2. The van der Waals surface area contributed by atoms with Gasteiger partial charge in [0.05, 0.1) is 0 Å². The fraction of sp³-hybridized carbons (Fsp3) is 0.667. The summed E-state index contributed by atoms with van der Waals surface area (Å²) in [4.78, 5) is 8.43. The number of aryl methyl sites for hydroxylation is 1. The maximum atomic E-state index is 12.2. The van der Waals surface area contributed by atoms with Gasteiger partial charge in [0.15, 0.2) is 0 Å². The number of nitrogens with zero attached hydrogens (tertiary/aromatic N) is 4. The lowest BCUT2D eigenvalue weighted by Gasteiger charge is -2.33. The molecule has 1 aliphatic rings. The van der Waals surface area contributed by atoms with Crippen LogP contribution in [-0.4, -0.2) is 54.2 Å². The summed E-state index contributed by atoms with van der Waals surface area (Å²) >= 11 is 5.95. The molecule has 0 saturated carbocycles. The van der Waals surface area contributed by atoms with Crippen molar-refractivity contribution < 1.29 is 8.42 Å². The van der Waals surface area contributed by atoms with Crippen LogP contribution < -0.4 is 0 Å². The molecule has 6 nitrogen and oxygen atoms in total. The van der Waals surface area contributed by atoms with Gasteiger partial charge in [0.25, 0.3) is 10.2 Å². The molecular weight excluding hydrogens is 300 g/mol. The zero-order valence-electron chi connectivity index (χ0n) is 11.9. The summed E-state index contributed by atoms with van der Waals surface area (Å²) in [7, 11) is -0.278. The molecule has 0 bridgehead atoms. The van der Waals surface area contributed by atoms with Crippen LogP contribution in [-0.2, 0) is 10.2 Å². The summed E-state index contributed by atoms with van der Waals surface area (Å²) < 4.78 is 27.1. The van der Waals surface area contributed by atoms with Crippen LogP contribution in [0.3, 0.4) is 0 Å². The van der Waals surface area contributed by atoms with E-state index in [9.17, 15) is 8.42 Å². The molecule has 2 heterocycles. The highest BCUT2D eigenvalue weighted by Gasteiger charge is 2.31. The fourth-order valence-electron chi connectivity index (χ4n) is 2.39. The lowest BCUT2D eigenvalue weighted by atomic mass is 9.96. The van der Waals surface area contributed by atoms with Gasteiger partial charge in [-0.25, -0.2) is 9.97 Å². The van der Waals surface area contributed by atoms with Gasteiger partial charge in [-0.15, -0.1) is 0 Å². The van der Waals surface area contributed by atoms with Crippen molar-refractivity contribution in [2.24, 2.45) is 0 Å². The van der Waals surface area contributed by atoms with Crippen LogP contribution in [0.25, 0.3) is 0 Å². The molecule has 0 aliphatic carbocycles. The van der Waals surface area contributed by atoms with Gasteiger partial charge in [-0.05, 0) is 25.8 Å². The van der Waals surface area contributed by atoms with E-state index in [2.05, 4.69) is 9.97 Å². The maximum Gasteiger partial charge on any atom is 0.281 e. The molecule has 0 amide bonds. The standard InChI is InChI=1S/C12H19ClN4O2S/c1-9-14-11(7-12(13)15-9)10-5-4-6-17(8-10)20(18,19)16(2)3/h7,10H,4-6,8H2,1-3H3/t10-/m1/s1. The Kier molecular flexibility index (Phi) is 4.63. The van der Waals surface area contributed by atoms with Crippen molar-refractivity contribution in [3.8, 4) is 0 Å². The smallest absolute Gasteiger partial charge is 0.238 e.